The Morgan fingerprint density at radius 1 is 1.15 bits per heavy atom. The average molecular weight is 370 g/mol. The summed E-state index contributed by atoms with van der Waals surface area (Å²) < 4.78 is 1.14. The van der Waals surface area contributed by atoms with E-state index in [4.69, 9.17) is 4.98 Å². The van der Waals surface area contributed by atoms with Crippen molar-refractivity contribution in [3.05, 3.63) is 41.4 Å². The molecule has 0 bridgehead atoms. The lowest BCUT2D eigenvalue weighted by molar-refractivity contribution is -0.142. The molecule has 0 radical (unpaired) electrons. The van der Waals surface area contributed by atoms with Crippen molar-refractivity contribution in [2.24, 2.45) is 17.8 Å². The Bertz CT molecular complexity index is 842. The smallest absolute Gasteiger partial charge is 0.308 e. The SMILES string of the molecule is C[C@@H]1CN(C(=O)C2CC=CCC2c2nc3ccccc3s2)C[C@H]1C(=O)O. The summed E-state index contributed by atoms with van der Waals surface area (Å²) in [6, 6.07) is 8.05. The normalized spacial score (nSPS) is 28.6. The first-order valence-electron chi connectivity index (χ1n) is 9.06. The number of carbonyl (C=O) groups is 2. The van der Waals surface area contributed by atoms with Crippen LogP contribution in [0.3, 0.4) is 0 Å². The fourth-order valence-electron chi connectivity index (χ4n) is 4.11. The highest BCUT2D eigenvalue weighted by Gasteiger charge is 2.41. The molecular formula is C20H22N2O3S. The van der Waals surface area contributed by atoms with E-state index in [1.165, 1.54) is 0 Å². The number of nitrogens with zero attached hydrogens (tertiary/aromatic N) is 2. The minimum absolute atomic E-state index is 0.00326. The largest absolute Gasteiger partial charge is 0.481 e. The first-order chi connectivity index (χ1) is 12.5. The summed E-state index contributed by atoms with van der Waals surface area (Å²) >= 11 is 1.66. The van der Waals surface area contributed by atoms with Gasteiger partial charge in [-0.1, -0.05) is 31.2 Å². The van der Waals surface area contributed by atoms with Gasteiger partial charge in [0.25, 0.3) is 0 Å². The molecule has 1 fully saturated rings. The number of hydrogen-bond donors (Lipinski definition) is 1. The van der Waals surface area contributed by atoms with E-state index in [9.17, 15) is 14.7 Å². The number of rotatable bonds is 3. The van der Waals surface area contributed by atoms with Crippen molar-refractivity contribution in [2.75, 3.05) is 13.1 Å². The highest BCUT2D eigenvalue weighted by molar-refractivity contribution is 7.18. The molecular weight excluding hydrogens is 348 g/mol. The van der Waals surface area contributed by atoms with Crippen LogP contribution < -0.4 is 0 Å². The predicted molar refractivity (Wildman–Crippen MR) is 101 cm³/mol. The second kappa shape index (κ2) is 6.83. The molecule has 1 aliphatic heterocycles. The molecule has 1 aromatic carbocycles. The Labute approximate surface area is 156 Å². The van der Waals surface area contributed by atoms with E-state index < -0.39 is 11.9 Å². The van der Waals surface area contributed by atoms with Crippen LogP contribution in [-0.4, -0.2) is 40.0 Å². The molecule has 6 heteroatoms. The van der Waals surface area contributed by atoms with Crippen molar-refractivity contribution >= 4 is 33.4 Å². The number of carbonyl (C=O) groups excluding carboxylic acids is 1. The molecule has 4 atom stereocenters. The van der Waals surface area contributed by atoms with Crippen molar-refractivity contribution in [1.82, 2.24) is 9.88 Å². The van der Waals surface area contributed by atoms with Crippen LogP contribution in [0.25, 0.3) is 10.2 Å². The zero-order valence-corrected chi connectivity index (χ0v) is 15.5. The average Bonchev–Trinajstić information content (AvgIpc) is 3.24. The predicted octanol–water partition coefficient (Wildman–Crippen LogP) is 3.53. The molecule has 2 heterocycles. The number of hydrogen-bond acceptors (Lipinski definition) is 4. The van der Waals surface area contributed by atoms with E-state index in [1.54, 1.807) is 16.2 Å². The molecule has 1 amide bonds. The number of aliphatic carboxylic acids is 1. The summed E-state index contributed by atoms with van der Waals surface area (Å²) in [5, 5.41) is 10.4. The van der Waals surface area contributed by atoms with Gasteiger partial charge in [-0.2, -0.15) is 0 Å². The number of likely N-dealkylation sites (tertiary alicyclic amines) is 1. The third-order valence-corrected chi connectivity index (χ3v) is 6.79. The summed E-state index contributed by atoms with van der Waals surface area (Å²) in [5.74, 6) is -1.27. The van der Waals surface area contributed by atoms with Gasteiger partial charge in [0.1, 0.15) is 0 Å². The Morgan fingerprint density at radius 3 is 2.65 bits per heavy atom. The van der Waals surface area contributed by atoms with E-state index in [-0.39, 0.29) is 23.7 Å². The molecule has 136 valence electrons. The van der Waals surface area contributed by atoms with Gasteiger partial charge in [0, 0.05) is 19.0 Å². The lowest BCUT2D eigenvalue weighted by Gasteiger charge is -2.30. The van der Waals surface area contributed by atoms with E-state index in [0.717, 1.165) is 21.6 Å². The van der Waals surface area contributed by atoms with Crippen molar-refractivity contribution < 1.29 is 14.7 Å². The van der Waals surface area contributed by atoms with Gasteiger partial charge >= 0.3 is 5.97 Å². The molecule has 2 aliphatic rings. The zero-order valence-electron chi connectivity index (χ0n) is 14.7. The van der Waals surface area contributed by atoms with Crippen LogP contribution in [0.1, 0.15) is 30.7 Å². The van der Waals surface area contributed by atoms with Crippen LogP contribution in [0.5, 0.6) is 0 Å². The number of carboxylic acid groups (broad SMARTS) is 1. The maximum Gasteiger partial charge on any atom is 0.308 e. The van der Waals surface area contributed by atoms with Gasteiger partial charge in [-0.3, -0.25) is 9.59 Å². The van der Waals surface area contributed by atoms with E-state index in [1.807, 2.05) is 25.1 Å². The Balaban J connectivity index is 1.59. The molecule has 1 saturated heterocycles. The van der Waals surface area contributed by atoms with Crippen LogP contribution in [0, 0.1) is 17.8 Å². The molecule has 2 aromatic rings. The molecule has 26 heavy (non-hydrogen) atoms. The van der Waals surface area contributed by atoms with Gasteiger partial charge in [-0.05, 0) is 30.9 Å². The van der Waals surface area contributed by atoms with Crippen LogP contribution in [0.2, 0.25) is 0 Å². The van der Waals surface area contributed by atoms with E-state index >= 15 is 0 Å². The fourth-order valence-corrected chi connectivity index (χ4v) is 5.26. The van der Waals surface area contributed by atoms with Gasteiger partial charge in [0.15, 0.2) is 0 Å². The zero-order chi connectivity index (χ0) is 18.3. The Morgan fingerprint density at radius 2 is 1.92 bits per heavy atom. The molecule has 1 aromatic heterocycles. The number of fused-ring (bicyclic) bond motifs is 1. The first kappa shape index (κ1) is 17.2. The third kappa shape index (κ3) is 3.03. The number of benzene rings is 1. The third-order valence-electron chi connectivity index (χ3n) is 5.62. The second-order valence-electron chi connectivity index (χ2n) is 7.34. The Kier molecular flexibility index (Phi) is 4.53. The molecule has 2 unspecified atom stereocenters. The van der Waals surface area contributed by atoms with E-state index in [2.05, 4.69) is 18.2 Å². The summed E-state index contributed by atoms with van der Waals surface area (Å²) in [6.45, 7) is 2.77. The minimum atomic E-state index is -0.806. The quantitative estimate of drug-likeness (QED) is 0.839. The van der Waals surface area contributed by atoms with Gasteiger partial charge < -0.3 is 10.0 Å². The number of allylic oxidation sites excluding steroid dienone is 2. The highest BCUT2D eigenvalue weighted by atomic mass is 32.1. The van der Waals surface area contributed by atoms with Crippen LogP contribution in [0.15, 0.2) is 36.4 Å². The van der Waals surface area contributed by atoms with Gasteiger partial charge in [0.05, 0.1) is 27.1 Å². The fraction of sp³-hybridized carbons (Fsp3) is 0.450. The minimum Gasteiger partial charge on any atom is -0.481 e. The number of amides is 1. The van der Waals surface area contributed by atoms with Crippen molar-refractivity contribution in [3.8, 4) is 0 Å². The van der Waals surface area contributed by atoms with Crippen molar-refractivity contribution in [1.29, 1.82) is 0 Å². The Hall–Kier alpha value is -2.21. The molecule has 1 N–H and O–H groups in total. The van der Waals surface area contributed by atoms with E-state index in [0.29, 0.717) is 19.5 Å². The van der Waals surface area contributed by atoms with Crippen LogP contribution in [0.4, 0.5) is 0 Å². The number of aromatic nitrogens is 1. The molecule has 0 spiro atoms. The lowest BCUT2D eigenvalue weighted by Crippen LogP contribution is -2.38. The van der Waals surface area contributed by atoms with Gasteiger partial charge in [0.2, 0.25) is 5.91 Å². The monoisotopic (exact) mass is 370 g/mol. The summed E-state index contributed by atoms with van der Waals surface area (Å²) in [5.41, 5.74) is 0.981. The summed E-state index contributed by atoms with van der Waals surface area (Å²) in [4.78, 5) is 31.1. The second-order valence-corrected chi connectivity index (χ2v) is 8.40. The number of para-hydroxylation sites is 1. The molecule has 1 aliphatic carbocycles. The topological polar surface area (TPSA) is 70.5 Å². The van der Waals surface area contributed by atoms with Crippen LogP contribution in [-0.2, 0) is 9.59 Å². The maximum atomic E-state index is 13.2. The van der Waals surface area contributed by atoms with Crippen molar-refractivity contribution in [3.63, 3.8) is 0 Å². The highest BCUT2D eigenvalue weighted by Crippen LogP contribution is 2.40. The lowest BCUT2D eigenvalue weighted by atomic mass is 9.82. The summed E-state index contributed by atoms with van der Waals surface area (Å²) in [6.07, 6.45) is 5.71. The van der Waals surface area contributed by atoms with Crippen molar-refractivity contribution in [2.45, 2.75) is 25.7 Å². The van der Waals surface area contributed by atoms with Crippen LogP contribution >= 0.6 is 11.3 Å². The number of thiazole rings is 1. The standard InChI is InChI=1S/C20H22N2O3S/c1-12-10-22(11-15(12)20(24)25)19(23)14-7-3-2-6-13(14)18-21-16-8-4-5-9-17(16)26-18/h2-5,8-9,12-15H,6-7,10-11H2,1H3,(H,24,25)/t12-,13?,14?,15-/m1/s1. The molecule has 4 rings (SSSR count). The molecule has 0 saturated carbocycles. The maximum absolute atomic E-state index is 13.2. The number of carboxylic acids is 1. The summed E-state index contributed by atoms with van der Waals surface area (Å²) in [7, 11) is 0. The van der Waals surface area contributed by atoms with Gasteiger partial charge in [-0.25, -0.2) is 4.98 Å². The molecule has 5 nitrogen and oxygen atoms in total. The first-order valence-corrected chi connectivity index (χ1v) is 9.88. The van der Waals surface area contributed by atoms with Gasteiger partial charge in [-0.15, -0.1) is 11.3 Å².